The van der Waals surface area contributed by atoms with Crippen molar-refractivity contribution in [2.45, 2.75) is 6.92 Å². The van der Waals surface area contributed by atoms with E-state index >= 15 is 0 Å². The molecule has 20 heavy (non-hydrogen) atoms. The second-order valence-corrected chi connectivity index (χ2v) is 3.75. The van der Waals surface area contributed by atoms with Gasteiger partial charge in [0.1, 0.15) is 0 Å². The number of rotatable bonds is 5. The highest BCUT2D eigenvalue weighted by Gasteiger charge is 2.16. The van der Waals surface area contributed by atoms with Crippen molar-refractivity contribution in [3.63, 3.8) is 0 Å². The van der Waals surface area contributed by atoms with Gasteiger partial charge < -0.3 is 20.5 Å². The molecule has 1 amide bonds. The predicted octanol–water partition coefficient (Wildman–Crippen LogP) is 1.31. The molecule has 0 aliphatic heterocycles. The number of carbonyl (C=O) groups excluding carboxylic acids is 1. The molecule has 1 heterocycles. The monoisotopic (exact) mass is 278 g/mol. The van der Waals surface area contributed by atoms with E-state index in [1.54, 1.807) is 18.2 Å². The van der Waals surface area contributed by atoms with Crippen LogP contribution in [0.3, 0.4) is 0 Å². The highest BCUT2D eigenvalue weighted by molar-refractivity contribution is 6.05. The van der Waals surface area contributed by atoms with Gasteiger partial charge in [-0.2, -0.15) is 0 Å². The summed E-state index contributed by atoms with van der Waals surface area (Å²) < 4.78 is 14.9. The molecule has 0 radical (unpaired) electrons. The number of nitrogen functional groups attached to an aromatic ring is 1. The quantitative estimate of drug-likeness (QED) is 0.847. The molecule has 1 aromatic carbocycles. The normalized spacial score (nSPS) is 10.1. The number of amides is 1. The summed E-state index contributed by atoms with van der Waals surface area (Å²) in [6.07, 6.45) is 0. The molecule has 8 heteroatoms. The zero-order valence-electron chi connectivity index (χ0n) is 11.0. The fourth-order valence-corrected chi connectivity index (χ4v) is 1.56. The maximum absolute atomic E-state index is 11.9. The summed E-state index contributed by atoms with van der Waals surface area (Å²) >= 11 is 0. The number of nitrogens with zero attached hydrogens (tertiary/aromatic N) is 2. The number of nitrogens with one attached hydrogen (secondary N) is 1. The summed E-state index contributed by atoms with van der Waals surface area (Å²) in [4.78, 5) is 11.9. The topological polar surface area (TPSA) is 112 Å². The highest BCUT2D eigenvalue weighted by Crippen LogP contribution is 2.30. The van der Waals surface area contributed by atoms with E-state index in [2.05, 4.69) is 20.3 Å². The smallest absolute Gasteiger partial charge is 0.281 e. The fraction of sp³-hybridized carbons (Fsp3) is 0.250. The molecule has 2 aromatic rings. The summed E-state index contributed by atoms with van der Waals surface area (Å²) in [5.74, 6) is 0.516. The van der Waals surface area contributed by atoms with Crippen LogP contribution in [0.4, 0.5) is 11.5 Å². The number of hydrogen-bond donors (Lipinski definition) is 2. The first-order valence-corrected chi connectivity index (χ1v) is 5.86. The molecule has 0 saturated carbocycles. The van der Waals surface area contributed by atoms with Crippen LogP contribution in [0.25, 0.3) is 0 Å². The molecule has 3 N–H and O–H groups in total. The van der Waals surface area contributed by atoms with E-state index in [0.29, 0.717) is 23.8 Å². The Kier molecular flexibility index (Phi) is 4.04. The van der Waals surface area contributed by atoms with Crippen LogP contribution in [0.15, 0.2) is 22.8 Å². The Labute approximate surface area is 114 Å². The van der Waals surface area contributed by atoms with E-state index < -0.39 is 5.91 Å². The molecular formula is C12H14N4O4. The van der Waals surface area contributed by atoms with Gasteiger partial charge in [-0.05, 0) is 29.4 Å². The van der Waals surface area contributed by atoms with E-state index in [1.165, 1.54) is 7.11 Å². The molecule has 106 valence electrons. The Bertz CT molecular complexity index is 611. The molecule has 0 aliphatic carbocycles. The number of nitrogens with two attached hydrogens (primary N) is 1. The van der Waals surface area contributed by atoms with Crippen molar-refractivity contribution >= 4 is 17.4 Å². The number of ether oxygens (including phenoxy) is 2. The summed E-state index contributed by atoms with van der Waals surface area (Å²) in [7, 11) is 1.52. The standard InChI is InChI=1S/C12H14N4O4/c1-3-19-8-5-4-7(6-9(8)18-2)14-12(17)10-11(13)16-20-15-10/h4-6H,3H2,1-2H3,(H2,13,16)(H,14,17). The van der Waals surface area contributed by atoms with Gasteiger partial charge in [0.2, 0.25) is 11.5 Å². The average Bonchev–Trinajstić information content (AvgIpc) is 2.87. The molecule has 0 atom stereocenters. The molecule has 1 aromatic heterocycles. The SMILES string of the molecule is CCOc1ccc(NC(=O)c2nonc2N)cc1OC. The zero-order chi connectivity index (χ0) is 14.5. The lowest BCUT2D eigenvalue weighted by Gasteiger charge is -2.11. The highest BCUT2D eigenvalue weighted by atomic mass is 16.6. The number of benzene rings is 1. The Balaban J connectivity index is 2.18. The van der Waals surface area contributed by atoms with Crippen LogP contribution in [0.2, 0.25) is 0 Å². The average molecular weight is 278 g/mol. The van der Waals surface area contributed by atoms with Gasteiger partial charge >= 0.3 is 0 Å². The molecule has 0 aliphatic rings. The van der Waals surface area contributed by atoms with Crippen LogP contribution in [0.1, 0.15) is 17.4 Å². The van der Waals surface area contributed by atoms with Crippen LogP contribution >= 0.6 is 0 Å². The minimum absolute atomic E-state index is 0.0691. The molecule has 0 fully saturated rings. The van der Waals surface area contributed by atoms with E-state index in [9.17, 15) is 4.79 Å². The third-order valence-corrected chi connectivity index (χ3v) is 2.45. The number of anilines is 2. The molecule has 2 rings (SSSR count). The van der Waals surface area contributed by atoms with Gasteiger partial charge in [0.15, 0.2) is 11.5 Å². The lowest BCUT2D eigenvalue weighted by molar-refractivity contribution is 0.101. The lowest BCUT2D eigenvalue weighted by Crippen LogP contribution is -2.14. The van der Waals surface area contributed by atoms with Gasteiger partial charge in [0, 0.05) is 11.8 Å². The largest absolute Gasteiger partial charge is 0.493 e. The molecule has 0 unspecified atom stereocenters. The van der Waals surface area contributed by atoms with Crippen molar-refractivity contribution in [3.8, 4) is 11.5 Å². The summed E-state index contributed by atoms with van der Waals surface area (Å²) in [6.45, 7) is 2.39. The molecule has 0 spiro atoms. The number of methoxy groups -OCH3 is 1. The molecule has 0 saturated heterocycles. The maximum atomic E-state index is 11.9. The fourth-order valence-electron chi connectivity index (χ4n) is 1.56. The second kappa shape index (κ2) is 5.91. The van der Waals surface area contributed by atoms with Crippen molar-refractivity contribution in [1.29, 1.82) is 0 Å². The van der Waals surface area contributed by atoms with E-state index in [1.807, 2.05) is 6.92 Å². The van der Waals surface area contributed by atoms with Crippen LogP contribution in [-0.2, 0) is 0 Å². The van der Waals surface area contributed by atoms with Crippen LogP contribution in [0, 0.1) is 0 Å². The van der Waals surface area contributed by atoms with E-state index in [-0.39, 0.29) is 11.5 Å². The van der Waals surface area contributed by atoms with Crippen LogP contribution < -0.4 is 20.5 Å². The zero-order valence-corrected chi connectivity index (χ0v) is 11.0. The molecular weight excluding hydrogens is 264 g/mol. The summed E-state index contributed by atoms with van der Waals surface area (Å²) in [5, 5.41) is 9.37. The van der Waals surface area contributed by atoms with E-state index in [4.69, 9.17) is 15.2 Å². The first kappa shape index (κ1) is 13.7. The third-order valence-electron chi connectivity index (χ3n) is 2.45. The summed E-state index contributed by atoms with van der Waals surface area (Å²) in [6, 6.07) is 5.00. The van der Waals surface area contributed by atoms with Crippen molar-refractivity contribution in [1.82, 2.24) is 10.3 Å². The molecule has 0 bridgehead atoms. The first-order valence-electron chi connectivity index (χ1n) is 5.86. The van der Waals surface area contributed by atoms with Gasteiger partial charge in [-0.25, -0.2) is 4.63 Å². The van der Waals surface area contributed by atoms with Crippen molar-refractivity contribution in [2.24, 2.45) is 0 Å². The Morgan fingerprint density at radius 2 is 2.20 bits per heavy atom. The van der Waals surface area contributed by atoms with Gasteiger partial charge in [-0.1, -0.05) is 0 Å². The van der Waals surface area contributed by atoms with E-state index in [0.717, 1.165) is 0 Å². The van der Waals surface area contributed by atoms with Gasteiger partial charge in [-0.15, -0.1) is 0 Å². The summed E-state index contributed by atoms with van der Waals surface area (Å²) in [5.41, 5.74) is 5.88. The van der Waals surface area contributed by atoms with Gasteiger partial charge in [-0.3, -0.25) is 4.79 Å². The van der Waals surface area contributed by atoms with Gasteiger partial charge in [0.25, 0.3) is 5.91 Å². The van der Waals surface area contributed by atoms with Crippen LogP contribution in [0.5, 0.6) is 11.5 Å². The minimum Gasteiger partial charge on any atom is -0.493 e. The first-order chi connectivity index (χ1) is 9.65. The maximum Gasteiger partial charge on any atom is 0.281 e. The number of carbonyl (C=O) groups is 1. The predicted molar refractivity (Wildman–Crippen MR) is 70.8 cm³/mol. The third kappa shape index (κ3) is 2.79. The lowest BCUT2D eigenvalue weighted by atomic mass is 10.2. The second-order valence-electron chi connectivity index (χ2n) is 3.75. The Morgan fingerprint density at radius 1 is 1.40 bits per heavy atom. The van der Waals surface area contributed by atoms with Gasteiger partial charge in [0.05, 0.1) is 13.7 Å². The Morgan fingerprint density at radius 3 is 2.80 bits per heavy atom. The Hall–Kier alpha value is -2.77. The van der Waals surface area contributed by atoms with Crippen molar-refractivity contribution < 1.29 is 18.9 Å². The van der Waals surface area contributed by atoms with Crippen molar-refractivity contribution in [3.05, 3.63) is 23.9 Å². The van der Waals surface area contributed by atoms with Crippen LogP contribution in [-0.4, -0.2) is 29.9 Å². The number of aromatic nitrogens is 2. The minimum atomic E-state index is -0.519. The van der Waals surface area contributed by atoms with Crippen molar-refractivity contribution in [2.75, 3.05) is 24.8 Å². The number of hydrogen-bond acceptors (Lipinski definition) is 7. The molecule has 8 nitrogen and oxygen atoms in total.